The molecule has 12 heavy (non-hydrogen) atoms. The molecule has 5 heteroatoms. The Hall–Kier alpha value is -0.850. The van der Waals surface area contributed by atoms with Gasteiger partial charge in [0.25, 0.3) is 0 Å². The number of nitrogens with zero attached hydrogens (tertiary/aromatic N) is 1. The van der Waals surface area contributed by atoms with Gasteiger partial charge >= 0.3 is 0 Å². The summed E-state index contributed by atoms with van der Waals surface area (Å²) in [5.41, 5.74) is 2.27. The highest BCUT2D eigenvalue weighted by molar-refractivity contribution is 14.1. The molecule has 0 aliphatic carbocycles. The van der Waals surface area contributed by atoms with Gasteiger partial charge in [-0.25, -0.2) is 5.43 Å². The molecule has 0 fully saturated rings. The number of hydrazone groups is 1. The van der Waals surface area contributed by atoms with E-state index in [2.05, 4.69) is 33.1 Å². The fraction of sp³-hybridized carbons (Fsp3) is 0.143. The van der Waals surface area contributed by atoms with Crippen molar-refractivity contribution in [3.05, 3.63) is 21.7 Å². The Balaban J connectivity index is 2.52. The van der Waals surface area contributed by atoms with E-state index in [0.29, 0.717) is 5.76 Å². The lowest BCUT2D eigenvalue weighted by Crippen LogP contribution is -2.12. The Labute approximate surface area is 83.2 Å². The van der Waals surface area contributed by atoms with E-state index in [1.54, 1.807) is 6.07 Å². The van der Waals surface area contributed by atoms with E-state index in [1.807, 2.05) is 6.07 Å². The van der Waals surface area contributed by atoms with Gasteiger partial charge in [0.05, 0.1) is 6.21 Å². The van der Waals surface area contributed by atoms with Gasteiger partial charge in [-0.2, -0.15) is 5.10 Å². The maximum Gasteiger partial charge on any atom is 0.236 e. The Morgan fingerprint density at radius 3 is 3.00 bits per heavy atom. The Morgan fingerprint density at radius 2 is 2.50 bits per heavy atom. The zero-order chi connectivity index (χ0) is 8.97. The predicted molar refractivity (Wildman–Crippen MR) is 52.8 cm³/mol. The van der Waals surface area contributed by atoms with Gasteiger partial charge < -0.3 is 4.42 Å². The lowest BCUT2D eigenvalue weighted by atomic mass is 10.5. The molecule has 1 aromatic rings. The molecule has 64 valence electrons. The van der Waals surface area contributed by atoms with Crippen molar-refractivity contribution in [2.24, 2.45) is 5.10 Å². The summed E-state index contributed by atoms with van der Waals surface area (Å²) in [6.45, 7) is 1.39. The summed E-state index contributed by atoms with van der Waals surface area (Å²) in [5, 5.41) is 3.63. The van der Waals surface area contributed by atoms with Crippen molar-refractivity contribution in [3.8, 4) is 0 Å². The van der Waals surface area contributed by atoms with E-state index in [4.69, 9.17) is 4.42 Å². The van der Waals surface area contributed by atoms with E-state index in [9.17, 15) is 4.79 Å². The van der Waals surface area contributed by atoms with Gasteiger partial charge in [0, 0.05) is 6.92 Å². The SMILES string of the molecule is CC(=O)N/N=C/c1ccc(I)o1. The summed E-state index contributed by atoms with van der Waals surface area (Å²) in [6, 6.07) is 3.59. The molecular weight excluding hydrogens is 271 g/mol. The van der Waals surface area contributed by atoms with Crippen LogP contribution in [-0.4, -0.2) is 12.1 Å². The molecule has 1 amide bonds. The molecule has 0 unspecified atom stereocenters. The smallest absolute Gasteiger partial charge is 0.236 e. The molecule has 1 heterocycles. The third kappa shape index (κ3) is 3.04. The van der Waals surface area contributed by atoms with Crippen molar-refractivity contribution < 1.29 is 9.21 Å². The van der Waals surface area contributed by atoms with E-state index in [1.165, 1.54) is 13.1 Å². The first kappa shape index (κ1) is 9.24. The van der Waals surface area contributed by atoms with Crippen LogP contribution in [0.4, 0.5) is 0 Å². The molecule has 0 aliphatic heterocycles. The standard InChI is InChI=1S/C7H7IN2O2/c1-5(11)10-9-4-6-2-3-7(8)12-6/h2-4H,1H3,(H,10,11)/b9-4+. The van der Waals surface area contributed by atoms with Gasteiger partial charge in [0.2, 0.25) is 5.91 Å². The Kier molecular flexibility index (Phi) is 3.27. The minimum atomic E-state index is -0.201. The van der Waals surface area contributed by atoms with Gasteiger partial charge in [-0.15, -0.1) is 0 Å². The molecule has 1 rings (SSSR count). The third-order valence-corrected chi connectivity index (χ3v) is 1.59. The maximum absolute atomic E-state index is 10.4. The summed E-state index contributed by atoms with van der Waals surface area (Å²) < 4.78 is 5.94. The molecule has 0 aliphatic rings. The van der Waals surface area contributed by atoms with Crippen LogP contribution < -0.4 is 5.43 Å². The van der Waals surface area contributed by atoms with Gasteiger partial charge in [0.15, 0.2) is 3.77 Å². The van der Waals surface area contributed by atoms with Gasteiger partial charge in [-0.1, -0.05) is 0 Å². The zero-order valence-electron chi connectivity index (χ0n) is 6.37. The van der Waals surface area contributed by atoms with Gasteiger partial charge in [-0.05, 0) is 34.7 Å². The van der Waals surface area contributed by atoms with Crippen molar-refractivity contribution in [2.75, 3.05) is 0 Å². The lowest BCUT2D eigenvalue weighted by Gasteiger charge is -1.88. The van der Waals surface area contributed by atoms with E-state index in [-0.39, 0.29) is 5.91 Å². The number of nitrogens with one attached hydrogen (secondary N) is 1. The minimum Gasteiger partial charge on any atom is -0.449 e. The summed E-state index contributed by atoms with van der Waals surface area (Å²) in [6.07, 6.45) is 1.45. The summed E-state index contributed by atoms with van der Waals surface area (Å²) >= 11 is 2.05. The van der Waals surface area contributed by atoms with Gasteiger partial charge in [0.1, 0.15) is 5.76 Å². The second-order valence-electron chi connectivity index (χ2n) is 2.07. The highest BCUT2D eigenvalue weighted by atomic mass is 127. The molecule has 0 spiro atoms. The third-order valence-electron chi connectivity index (χ3n) is 1.01. The van der Waals surface area contributed by atoms with Crippen LogP contribution in [0.25, 0.3) is 0 Å². The number of furan rings is 1. The number of amides is 1. The van der Waals surface area contributed by atoms with Crippen molar-refractivity contribution in [1.82, 2.24) is 5.43 Å². The first-order valence-electron chi connectivity index (χ1n) is 3.23. The molecule has 4 nitrogen and oxygen atoms in total. The number of carbonyl (C=O) groups excluding carboxylic acids is 1. The van der Waals surface area contributed by atoms with Crippen LogP contribution in [0.2, 0.25) is 0 Å². The number of hydrogen-bond acceptors (Lipinski definition) is 3. The Bertz CT molecular complexity index is 306. The molecule has 0 atom stereocenters. The van der Waals surface area contributed by atoms with Crippen molar-refractivity contribution in [1.29, 1.82) is 0 Å². The Morgan fingerprint density at radius 1 is 1.75 bits per heavy atom. The molecule has 0 saturated carbocycles. The normalized spacial score (nSPS) is 10.5. The second-order valence-corrected chi connectivity index (χ2v) is 3.13. The van der Waals surface area contributed by atoms with Crippen LogP contribution >= 0.6 is 22.6 Å². The first-order valence-corrected chi connectivity index (χ1v) is 4.31. The van der Waals surface area contributed by atoms with Gasteiger partial charge in [-0.3, -0.25) is 4.79 Å². The number of halogens is 1. The maximum atomic E-state index is 10.4. The van der Waals surface area contributed by atoms with Crippen LogP contribution in [0.1, 0.15) is 12.7 Å². The van der Waals surface area contributed by atoms with Crippen LogP contribution in [0, 0.1) is 3.77 Å². The highest BCUT2D eigenvalue weighted by Crippen LogP contribution is 2.07. The van der Waals surface area contributed by atoms with E-state index < -0.39 is 0 Å². The molecule has 0 saturated heterocycles. The van der Waals surface area contributed by atoms with Crippen LogP contribution in [0.15, 0.2) is 21.7 Å². The highest BCUT2D eigenvalue weighted by Gasteiger charge is 1.93. The number of hydrogen-bond donors (Lipinski definition) is 1. The number of rotatable bonds is 2. The topological polar surface area (TPSA) is 54.6 Å². The predicted octanol–water partition coefficient (Wildman–Crippen LogP) is 1.35. The molecule has 0 radical (unpaired) electrons. The van der Waals surface area contributed by atoms with Crippen LogP contribution in [0.5, 0.6) is 0 Å². The fourth-order valence-electron chi connectivity index (χ4n) is 0.584. The molecule has 1 aromatic heterocycles. The second kappa shape index (κ2) is 4.24. The van der Waals surface area contributed by atoms with Crippen molar-refractivity contribution in [3.63, 3.8) is 0 Å². The van der Waals surface area contributed by atoms with E-state index >= 15 is 0 Å². The monoisotopic (exact) mass is 278 g/mol. The molecule has 0 bridgehead atoms. The fourth-order valence-corrected chi connectivity index (χ4v) is 1.02. The first-order chi connectivity index (χ1) is 5.68. The summed E-state index contributed by atoms with van der Waals surface area (Å²) in [7, 11) is 0. The van der Waals surface area contributed by atoms with Crippen molar-refractivity contribution in [2.45, 2.75) is 6.92 Å². The lowest BCUT2D eigenvalue weighted by molar-refractivity contribution is -0.118. The average Bonchev–Trinajstić information content (AvgIpc) is 2.35. The number of carbonyl (C=O) groups is 1. The van der Waals surface area contributed by atoms with Crippen LogP contribution in [-0.2, 0) is 4.79 Å². The minimum absolute atomic E-state index is 0.201. The average molecular weight is 278 g/mol. The quantitative estimate of drug-likeness (QED) is 0.504. The van der Waals surface area contributed by atoms with E-state index in [0.717, 1.165) is 3.77 Å². The summed E-state index contributed by atoms with van der Waals surface area (Å²) in [5.74, 6) is 0.417. The molecule has 1 N–H and O–H groups in total. The van der Waals surface area contributed by atoms with Crippen LogP contribution in [0.3, 0.4) is 0 Å². The molecular formula is C7H7IN2O2. The summed E-state index contributed by atoms with van der Waals surface area (Å²) in [4.78, 5) is 10.4. The molecule has 0 aromatic carbocycles. The largest absolute Gasteiger partial charge is 0.449 e. The van der Waals surface area contributed by atoms with Crippen molar-refractivity contribution >= 4 is 34.7 Å². The zero-order valence-corrected chi connectivity index (χ0v) is 8.53.